The summed E-state index contributed by atoms with van der Waals surface area (Å²) in [4.78, 5) is 22.4. The van der Waals surface area contributed by atoms with Crippen LogP contribution in [0.15, 0.2) is 42.5 Å². The Labute approximate surface area is 135 Å². The van der Waals surface area contributed by atoms with E-state index < -0.39 is 12.1 Å². The molecule has 23 heavy (non-hydrogen) atoms. The monoisotopic (exact) mass is 315 g/mol. The molecule has 0 radical (unpaired) electrons. The summed E-state index contributed by atoms with van der Waals surface area (Å²) in [5, 5.41) is 13.4. The van der Waals surface area contributed by atoms with Crippen molar-refractivity contribution in [3.05, 3.63) is 42.5 Å². The van der Waals surface area contributed by atoms with E-state index in [-0.39, 0.29) is 12.3 Å². The third-order valence-electron chi connectivity index (χ3n) is 3.54. The maximum Gasteiger partial charge on any atom is 0.303 e. The quantitative estimate of drug-likeness (QED) is 0.734. The van der Waals surface area contributed by atoms with Gasteiger partial charge in [-0.1, -0.05) is 36.4 Å². The molecule has 0 saturated carbocycles. The molecule has 122 valence electrons. The molecule has 0 aliphatic carbocycles. The molecule has 2 N–H and O–H groups in total. The van der Waals surface area contributed by atoms with Crippen molar-refractivity contribution in [2.45, 2.75) is 32.3 Å². The molecule has 2 aromatic rings. The normalized spacial score (nSPS) is 11.9. The van der Waals surface area contributed by atoms with Crippen molar-refractivity contribution in [2.75, 3.05) is 6.54 Å². The van der Waals surface area contributed by atoms with Crippen molar-refractivity contribution in [1.82, 2.24) is 5.32 Å². The SMILES string of the molecule is CC(Oc1cccc2ccccc12)C(=O)NCCCCC(=O)O. The maximum absolute atomic E-state index is 12.0. The predicted molar refractivity (Wildman–Crippen MR) is 88.5 cm³/mol. The van der Waals surface area contributed by atoms with Gasteiger partial charge in [0, 0.05) is 18.4 Å². The van der Waals surface area contributed by atoms with Crippen LogP contribution < -0.4 is 10.1 Å². The molecule has 0 aliphatic heterocycles. The Balaban J connectivity index is 1.86. The average Bonchev–Trinajstić information content (AvgIpc) is 2.54. The summed E-state index contributed by atoms with van der Waals surface area (Å²) in [5.41, 5.74) is 0. The molecule has 0 aromatic heterocycles. The fourth-order valence-electron chi connectivity index (χ4n) is 2.30. The van der Waals surface area contributed by atoms with Crippen LogP contribution >= 0.6 is 0 Å². The van der Waals surface area contributed by atoms with Gasteiger partial charge in [0.1, 0.15) is 5.75 Å². The first-order valence-electron chi connectivity index (χ1n) is 7.72. The molecule has 0 saturated heterocycles. The Morgan fingerprint density at radius 1 is 1.13 bits per heavy atom. The number of amides is 1. The second kappa shape index (κ2) is 8.17. The Bertz CT molecular complexity index is 678. The van der Waals surface area contributed by atoms with E-state index in [0.29, 0.717) is 25.1 Å². The van der Waals surface area contributed by atoms with Gasteiger partial charge >= 0.3 is 5.97 Å². The number of carbonyl (C=O) groups is 2. The van der Waals surface area contributed by atoms with Crippen LogP contribution in [-0.2, 0) is 9.59 Å². The highest BCUT2D eigenvalue weighted by molar-refractivity contribution is 5.89. The predicted octanol–water partition coefficient (Wildman–Crippen LogP) is 2.98. The zero-order valence-electron chi connectivity index (χ0n) is 13.1. The minimum atomic E-state index is -0.816. The first kappa shape index (κ1) is 16.8. The number of nitrogens with one attached hydrogen (secondary N) is 1. The average molecular weight is 315 g/mol. The number of carbonyl (C=O) groups excluding carboxylic acids is 1. The fourth-order valence-corrected chi connectivity index (χ4v) is 2.30. The highest BCUT2D eigenvalue weighted by Gasteiger charge is 2.15. The zero-order chi connectivity index (χ0) is 16.7. The summed E-state index contributed by atoms with van der Waals surface area (Å²) < 4.78 is 5.78. The van der Waals surface area contributed by atoms with Crippen molar-refractivity contribution < 1.29 is 19.4 Å². The van der Waals surface area contributed by atoms with E-state index in [0.717, 1.165) is 10.8 Å². The molecular formula is C18H21NO4. The Hall–Kier alpha value is -2.56. The number of ether oxygens (including phenoxy) is 1. The topological polar surface area (TPSA) is 75.6 Å². The van der Waals surface area contributed by atoms with Gasteiger partial charge in [0.25, 0.3) is 5.91 Å². The van der Waals surface area contributed by atoms with Gasteiger partial charge in [-0.3, -0.25) is 9.59 Å². The summed E-state index contributed by atoms with van der Waals surface area (Å²) in [6, 6.07) is 13.6. The number of aliphatic carboxylic acids is 1. The van der Waals surface area contributed by atoms with Crippen molar-refractivity contribution in [1.29, 1.82) is 0 Å². The number of carboxylic acids is 1. The number of carboxylic acid groups (broad SMARTS) is 1. The minimum absolute atomic E-state index is 0.123. The Morgan fingerprint density at radius 3 is 2.65 bits per heavy atom. The van der Waals surface area contributed by atoms with E-state index in [1.165, 1.54) is 0 Å². The van der Waals surface area contributed by atoms with Gasteiger partial charge in [-0.2, -0.15) is 0 Å². The van der Waals surface area contributed by atoms with Gasteiger partial charge in [-0.15, -0.1) is 0 Å². The molecule has 0 fully saturated rings. The Morgan fingerprint density at radius 2 is 1.87 bits per heavy atom. The Kier molecular flexibility index (Phi) is 5.97. The number of benzene rings is 2. The highest BCUT2D eigenvalue weighted by atomic mass is 16.5. The summed E-state index contributed by atoms with van der Waals surface area (Å²) in [5.74, 6) is -0.339. The molecule has 2 rings (SSSR count). The van der Waals surface area contributed by atoms with Crippen molar-refractivity contribution in [2.24, 2.45) is 0 Å². The third-order valence-corrected chi connectivity index (χ3v) is 3.54. The van der Waals surface area contributed by atoms with E-state index in [4.69, 9.17) is 9.84 Å². The van der Waals surface area contributed by atoms with Crippen LogP contribution in [0.2, 0.25) is 0 Å². The molecule has 1 unspecified atom stereocenters. The lowest BCUT2D eigenvalue weighted by Gasteiger charge is -2.16. The molecular weight excluding hydrogens is 294 g/mol. The van der Waals surface area contributed by atoms with Crippen molar-refractivity contribution in [3.8, 4) is 5.75 Å². The first-order valence-corrected chi connectivity index (χ1v) is 7.72. The summed E-state index contributed by atoms with van der Waals surface area (Å²) in [6.07, 6.45) is 0.700. The minimum Gasteiger partial charge on any atom is -0.481 e. The first-order chi connectivity index (χ1) is 11.1. The lowest BCUT2D eigenvalue weighted by Crippen LogP contribution is -2.36. The number of fused-ring (bicyclic) bond motifs is 1. The highest BCUT2D eigenvalue weighted by Crippen LogP contribution is 2.25. The molecule has 0 bridgehead atoms. The second-order valence-electron chi connectivity index (χ2n) is 5.38. The molecule has 5 heteroatoms. The van der Waals surface area contributed by atoms with E-state index in [1.54, 1.807) is 6.92 Å². The van der Waals surface area contributed by atoms with E-state index in [2.05, 4.69) is 5.32 Å². The number of unbranched alkanes of at least 4 members (excludes halogenated alkanes) is 1. The lowest BCUT2D eigenvalue weighted by atomic mass is 10.1. The molecule has 0 spiro atoms. The molecule has 1 amide bonds. The maximum atomic E-state index is 12.0. The lowest BCUT2D eigenvalue weighted by molar-refractivity contribution is -0.137. The molecule has 2 aromatic carbocycles. The van der Waals surface area contributed by atoms with E-state index in [1.807, 2.05) is 42.5 Å². The van der Waals surface area contributed by atoms with Crippen LogP contribution in [0.25, 0.3) is 10.8 Å². The summed E-state index contributed by atoms with van der Waals surface area (Å²) in [6.45, 7) is 2.16. The van der Waals surface area contributed by atoms with Gasteiger partial charge in [0.2, 0.25) is 0 Å². The number of rotatable bonds is 8. The van der Waals surface area contributed by atoms with Gasteiger partial charge in [0.05, 0.1) is 0 Å². The van der Waals surface area contributed by atoms with Crippen LogP contribution in [0.4, 0.5) is 0 Å². The molecule has 1 atom stereocenters. The van der Waals surface area contributed by atoms with E-state index in [9.17, 15) is 9.59 Å². The van der Waals surface area contributed by atoms with Gasteiger partial charge in [0.15, 0.2) is 6.10 Å². The van der Waals surface area contributed by atoms with Crippen molar-refractivity contribution in [3.63, 3.8) is 0 Å². The van der Waals surface area contributed by atoms with Gasteiger partial charge < -0.3 is 15.2 Å². The largest absolute Gasteiger partial charge is 0.481 e. The molecule has 5 nitrogen and oxygen atoms in total. The number of hydrogen-bond acceptors (Lipinski definition) is 3. The molecule has 0 heterocycles. The number of hydrogen-bond donors (Lipinski definition) is 2. The van der Waals surface area contributed by atoms with Gasteiger partial charge in [-0.05, 0) is 31.2 Å². The van der Waals surface area contributed by atoms with Crippen LogP contribution in [-0.4, -0.2) is 29.6 Å². The fraction of sp³-hybridized carbons (Fsp3) is 0.333. The standard InChI is InChI=1S/C18H21NO4/c1-13(18(22)19-12-5-4-11-17(20)21)23-16-10-6-8-14-7-2-3-9-15(14)16/h2-3,6-10,13H,4-5,11-12H2,1H3,(H,19,22)(H,20,21). The summed E-state index contributed by atoms with van der Waals surface area (Å²) >= 11 is 0. The van der Waals surface area contributed by atoms with Crippen molar-refractivity contribution >= 4 is 22.6 Å². The third kappa shape index (κ3) is 4.98. The van der Waals surface area contributed by atoms with Gasteiger partial charge in [-0.25, -0.2) is 0 Å². The smallest absolute Gasteiger partial charge is 0.303 e. The second-order valence-corrected chi connectivity index (χ2v) is 5.38. The van der Waals surface area contributed by atoms with E-state index >= 15 is 0 Å². The van der Waals surface area contributed by atoms with Crippen LogP contribution in [0.3, 0.4) is 0 Å². The van der Waals surface area contributed by atoms with Crippen LogP contribution in [0, 0.1) is 0 Å². The van der Waals surface area contributed by atoms with Crippen LogP contribution in [0.5, 0.6) is 5.75 Å². The van der Waals surface area contributed by atoms with Crippen LogP contribution in [0.1, 0.15) is 26.2 Å². The summed E-state index contributed by atoms with van der Waals surface area (Å²) in [7, 11) is 0. The zero-order valence-corrected chi connectivity index (χ0v) is 13.1. The molecule has 0 aliphatic rings.